The fourth-order valence-electron chi connectivity index (χ4n) is 1.65. The van der Waals surface area contributed by atoms with E-state index in [2.05, 4.69) is 0 Å². The molecule has 0 spiro atoms. The SMILES string of the molecule is CCC(C)(C)OOC(C)(CCCN1C(=O)C=CC1=O)OC. The first-order valence-electron chi connectivity index (χ1n) is 7.18. The summed E-state index contributed by atoms with van der Waals surface area (Å²) in [7, 11) is 1.54. The van der Waals surface area contributed by atoms with Crippen LogP contribution in [0.4, 0.5) is 0 Å². The second-order valence-corrected chi connectivity index (χ2v) is 5.88. The van der Waals surface area contributed by atoms with E-state index in [1.165, 1.54) is 24.2 Å². The largest absolute Gasteiger partial charge is 0.351 e. The summed E-state index contributed by atoms with van der Waals surface area (Å²) in [6.07, 6.45) is 4.43. The highest BCUT2D eigenvalue weighted by Gasteiger charge is 2.31. The van der Waals surface area contributed by atoms with Crippen LogP contribution in [-0.2, 0) is 24.1 Å². The average Bonchev–Trinajstić information content (AvgIpc) is 2.77. The van der Waals surface area contributed by atoms with Crippen LogP contribution >= 0.6 is 0 Å². The van der Waals surface area contributed by atoms with Crippen molar-refractivity contribution in [3.05, 3.63) is 12.2 Å². The maximum absolute atomic E-state index is 11.4. The van der Waals surface area contributed by atoms with E-state index in [9.17, 15) is 9.59 Å². The molecular formula is C15H25NO5. The third kappa shape index (κ3) is 5.22. The highest BCUT2D eigenvalue weighted by Crippen LogP contribution is 2.24. The molecule has 1 atom stereocenters. The molecule has 2 amide bonds. The van der Waals surface area contributed by atoms with Crippen LogP contribution in [0, 0.1) is 0 Å². The molecule has 0 aromatic carbocycles. The number of hydrogen-bond acceptors (Lipinski definition) is 5. The van der Waals surface area contributed by atoms with Crippen LogP contribution in [0.15, 0.2) is 12.2 Å². The summed E-state index contributed by atoms with van der Waals surface area (Å²) >= 11 is 0. The summed E-state index contributed by atoms with van der Waals surface area (Å²) in [4.78, 5) is 34.9. The molecule has 0 saturated carbocycles. The Balaban J connectivity index is 2.42. The van der Waals surface area contributed by atoms with Gasteiger partial charge in [0.25, 0.3) is 11.8 Å². The molecule has 0 N–H and O–H groups in total. The molecule has 0 saturated heterocycles. The number of rotatable bonds is 9. The fraction of sp³-hybridized carbons (Fsp3) is 0.733. The van der Waals surface area contributed by atoms with Crippen molar-refractivity contribution in [2.75, 3.05) is 13.7 Å². The van der Waals surface area contributed by atoms with E-state index in [0.29, 0.717) is 19.4 Å². The van der Waals surface area contributed by atoms with Gasteiger partial charge >= 0.3 is 0 Å². The predicted octanol–water partition coefficient (Wildman–Crippen LogP) is 2.19. The van der Waals surface area contributed by atoms with Crippen LogP contribution in [-0.4, -0.2) is 41.8 Å². The highest BCUT2D eigenvalue weighted by atomic mass is 17.2. The van der Waals surface area contributed by atoms with Crippen molar-refractivity contribution in [1.82, 2.24) is 4.90 Å². The van der Waals surface area contributed by atoms with Crippen molar-refractivity contribution in [2.24, 2.45) is 0 Å². The fourth-order valence-corrected chi connectivity index (χ4v) is 1.65. The highest BCUT2D eigenvalue weighted by molar-refractivity contribution is 6.12. The number of carbonyl (C=O) groups excluding carboxylic acids is 2. The van der Waals surface area contributed by atoms with Gasteiger partial charge < -0.3 is 4.74 Å². The lowest BCUT2D eigenvalue weighted by Crippen LogP contribution is -2.37. The average molecular weight is 299 g/mol. The summed E-state index contributed by atoms with van der Waals surface area (Å²) in [5.41, 5.74) is -0.398. The van der Waals surface area contributed by atoms with Gasteiger partial charge in [-0.25, -0.2) is 9.78 Å². The zero-order valence-corrected chi connectivity index (χ0v) is 13.5. The number of hydrogen-bond donors (Lipinski definition) is 0. The van der Waals surface area contributed by atoms with Gasteiger partial charge in [0.2, 0.25) is 0 Å². The molecular weight excluding hydrogens is 274 g/mol. The smallest absolute Gasteiger partial charge is 0.253 e. The van der Waals surface area contributed by atoms with Crippen molar-refractivity contribution in [2.45, 2.75) is 58.3 Å². The van der Waals surface area contributed by atoms with Gasteiger partial charge in [-0.1, -0.05) is 6.92 Å². The Hall–Kier alpha value is -1.24. The Kier molecular flexibility index (Phi) is 6.07. The molecule has 0 bridgehead atoms. The molecule has 21 heavy (non-hydrogen) atoms. The summed E-state index contributed by atoms with van der Waals surface area (Å²) < 4.78 is 5.34. The molecule has 1 aliphatic heterocycles. The quantitative estimate of drug-likeness (QED) is 0.282. The number of amides is 2. The maximum Gasteiger partial charge on any atom is 0.253 e. The van der Waals surface area contributed by atoms with Gasteiger partial charge in [-0.3, -0.25) is 14.5 Å². The summed E-state index contributed by atoms with van der Waals surface area (Å²) in [6.45, 7) is 7.96. The summed E-state index contributed by atoms with van der Waals surface area (Å²) in [6, 6.07) is 0. The zero-order valence-electron chi connectivity index (χ0n) is 13.5. The molecule has 0 radical (unpaired) electrons. The minimum Gasteiger partial charge on any atom is -0.351 e. The molecule has 120 valence electrons. The van der Waals surface area contributed by atoms with Crippen molar-refractivity contribution in [3.8, 4) is 0 Å². The van der Waals surface area contributed by atoms with Crippen molar-refractivity contribution in [1.29, 1.82) is 0 Å². The normalized spacial score (nSPS) is 18.4. The van der Waals surface area contributed by atoms with Gasteiger partial charge in [0.1, 0.15) is 0 Å². The van der Waals surface area contributed by atoms with E-state index < -0.39 is 11.4 Å². The number of ether oxygens (including phenoxy) is 1. The van der Waals surface area contributed by atoms with E-state index in [1.54, 1.807) is 6.92 Å². The lowest BCUT2D eigenvalue weighted by Gasteiger charge is -2.31. The molecule has 6 heteroatoms. The van der Waals surface area contributed by atoms with E-state index in [4.69, 9.17) is 14.5 Å². The van der Waals surface area contributed by atoms with Crippen LogP contribution in [0.5, 0.6) is 0 Å². The first-order chi connectivity index (χ1) is 9.73. The summed E-state index contributed by atoms with van der Waals surface area (Å²) in [5, 5.41) is 0. The Bertz CT molecular complexity index is 400. The van der Waals surface area contributed by atoms with Crippen LogP contribution in [0.3, 0.4) is 0 Å². The second-order valence-electron chi connectivity index (χ2n) is 5.88. The molecule has 1 heterocycles. The first kappa shape index (κ1) is 17.8. The number of imide groups is 1. The summed E-state index contributed by atoms with van der Waals surface area (Å²) in [5.74, 6) is -1.46. The van der Waals surface area contributed by atoms with Crippen LogP contribution in [0.1, 0.15) is 47.0 Å². The van der Waals surface area contributed by atoms with E-state index in [-0.39, 0.29) is 11.8 Å². The van der Waals surface area contributed by atoms with Gasteiger partial charge in [0.05, 0.1) is 5.60 Å². The number of nitrogens with zero attached hydrogens (tertiary/aromatic N) is 1. The minimum atomic E-state index is -0.911. The van der Waals surface area contributed by atoms with E-state index in [1.807, 2.05) is 20.8 Å². The van der Waals surface area contributed by atoms with Crippen molar-refractivity contribution >= 4 is 11.8 Å². The predicted molar refractivity (Wildman–Crippen MR) is 77.0 cm³/mol. The van der Waals surface area contributed by atoms with E-state index >= 15 is 0 Å². The molecule has 1 aliphatic rings. The van der Waals surface area contributed by atoms with Gasteiger partial charge in [-0.15, -0.1) is 0 Å². The standard InChI is InChI=1S/C15H25NO5/c1-6-14(2,3)20-21-15(4,19-5)10-7-11-16-12(17)8-9-13(16)18/h8-9H,6-7,10-11H2,1-5H3. The van der Waals surface area contributed by atoms with Crippen molar-refractivity contribution < 1.29 is 24.1 Å². The topological polar surface area (TPSA) is 65.1 Å². The molecule has 0 aromatic heterocycles. The molecule has 0 aliphatic carbocycles. The van der Waals surface area contributed by atoms with Crippen molar-refractivity contribution in [3.63, 3.8) is 0 Å². The third-order valence-electron chi connectivity index (χ3n) is 3.64. The number of methoxy groups -OCH3 is 1. The van der Waals surface area contributed by atoms with E-state index in [0.717, 1.165) is 6.42 Å². The molecule has 6 nitrogen and oxygen atoms in total. The molecule has 1 unspecified atom stereocenters. The number of carbonyl (C=O) groups is 2. The van der Waals surface area contributed by atoms with Crippen LogP contribution in [0.2, 0.25) is 0 Å². The molecule has 0 aromatic rings. The lowest BCUT2D eigenvalue weighted by atomic mass is 10.1. The molecule has 0 fully saturated rings. The Morgan fingerprint density at radius 3 is 2.14 bits per heavy atom. The maximum atomic E-state index is 11.4. The monoisotopic (exact) mass is 299 g/mol. The van der Waals surface area contributed by atoms with Gasteiger partial charge in [0, 0.05) is 32.2 Å². The zero-order chi connectivity index (χ0) is 16.1. The third-order valence-corrected chi connectivity index (χ3v) is 3.64. The lowest BCUT2D eigenvalue weighted by molar-refractivity contribution is -0.455. The Morgan fingerprint density at radius 1 is 1.10 bits per heavy atom. The first-order valence-corrected chi connectivity index (χ1v) is 7.18. The minimum absolute atomic E-state index is 0.275. The van der Waals surface area contributed by atoms with Crippen LogP contribution in [0.25, 0.3) is 0 Å². The Labute approximate surface area is 126 Å². The second kappa shape index (κ2) is 7.15. The van der Waals surface area contributed by atoms with Gasteiger partial charge in [-0.05, 0) is 33.6 Å². The Morgan fingerprint density at radius 2 is 1.67 bits per heavy atom. The van der Waals surface area contributed by atoms with Crippen LogP contribution < -0.4 is 0 Å². The van der Waals surface area contributed by atoms with Gasteiger partial charge in [0.15, 0.2) is 5.79 Å². The van der Waals surface area contributed by atoms with Gasteiger partial charge in [-0.2, -0.15) is 0 Å². The molecule has 1 rings (SSSR count).